The highest BCUT2D eigenvalue weighted by atomic mass is 35.5. The molecule has 2 fully saturated rings. The molecule has 2 nitrogen and oxygen atoms in total. The molecule has 2 aliphatic rings. The van der Waals surface area contributed by atoms with Crippen molar-refractivity contribution >= 4 is 11.6 Å². The van der Waals surface area contributed by atoms with Gasteiger partial charge in [-0.15, -0.1) is 0 Å². The SMILES string of the molecule is FC1(F)C[C@@H]1CCN1CC(Oc2cccc(Cl)c2)C1. The molecule has 19 heavy (non-hydrogen) atoms. The van der Waals surface area contributed by atoms with Crippen molar-refractivity contribution < 1.29 is 13.5 Å². The molecule has 1 aromatic carbocycles. The van der Waals surface area contributed by atoms with Crippen LogP contribution in [0.25, 0.3) is 0 Å². The molecule has 3 rings (SSSR count). The van der Waals surface area contributed by atoms with E-state index in [1.54, 1.807) is 12.1 Å². The van der Waals surface area contributed by atoms with Crippen molar-refractivity contribution in [1.29, 1.82) is 0 Å². The zero-order chi connectivity index (χ0) is 13.5. The number of rotatable bonds is 5. The van der Waals surface area contributed by atoms with E-state index in [9.17, 15) is 8.78 Å². The van der Waals surface area contributed by atoms with Crippen LogP contribution in [0.1, 0.15) is 12.8 Å². The number of halogens is 3. The molecule has 1 saturated heterocycles. The largest absolute Gasteiger partial charge is 0.488 e. The molecule has 1 aromatic rings. The van der Waals surface area contributed by atoms with Crippen LogP contribution < -0.4 is 4.74 Å². The minimum atomic E-state index is -2.39. The topological polar surface area (TPSA) is 12.5 Å². The monoisotopic (exact) mass is 287 g/mol. The van der Waals surface area contributed by atoms with E-state index in [-0.39, 0.29) is 18.4 Å². The Hall–Kier alpha value is -0.870. The molecule has 1 saturated carbocycles. The van der Waals surface area contributed by atoms with Crippen molar-refractivity contribution in [2.75, 3.05) is 19.6 Å². The highest BCUT2D eigenvalue weighted by molar-refractivity contribution is 6.30. The minimum absolute atomic E-state index is 0.0727. The number of ether oxygens (including phenoxy) is 1. The maximum atomic E-state index is 12.7. The van der Waals surface area contributed by atoms with Gasteiger partial charge in [0, 0.05) is 30.5 Å². The zero-order valence-corrected chi connectivity index (χ0v) is 11.2. The first-order valence-electron chi connectivity index (χ1n) is 6.55. The molecule has 1 heterocycles. The summed E-state index contributed by atoms with van der Waals surface area (Å²) in [4.78, 5) is 2.16. The van der Waals surface area contributed by atoms with Crippen LogP contribution in [0, 0.1) is 5.92 Å². The van der Waals surface area contributed by atoms with Gasteiger partial charge in [-0.25, -0.2) is 8.78 Å². The van der Waals surface area contributed by atoms with E-state index in [2.05, 4.69) is 4.90 Å². The molecule has 0 radical (unpaired) electrons. The fourth-order valence-electron chi connectivity index (χ4n) is 2.43. The van der Waals surface area contributed by atoms with Crippen molar-refractivity contribution in [3.63, 3.8) is 0 Å². The Morgan fingerprint density at radius 1 is 1.37 bits per heavy atom. The summed E-state index contributed by atoms with van der Waals surface area (Å²) in [5.41, 5.74) is 0. The van der Waals surface area contributed by atoms with Crippen molar-refractivity contribution in [2.24, 2.45) is 5.92 Å². The van der Waals surface area contributed by atoms with Gasteiger partial charge in [0.2, 0.25) is 0 Å². The molecule has 0 spiro atoms. The normalized spacial score (nSPS) is 25.9. The lowest BCUT2D eigenvalue weighted by atomic mass is 10.1. The average Bonchev–Trinajstić information content (AvgIpc) is 2.89. The van der Waals surface area contributed by atoms with Gasteiger partial charge in [-0.05, 0) is 31.2 Å². The fourth-order valence-corrected chi connectivity index (χ4v) is 2.61. The Kier molecular flexibility index (Phi) is 3.39. The van der Waals surface area contributed by atoms with Gasteiger partial charge in [0.05, 0.1) is 0 Å². The van der Waals surface area contributed by atoms with Crippen LogP contribution in [-0.2, 0) is 0 Å². The highest BCUT2D eigenvalue weighted by Crippen LogP contribution is 2.50. The molecular formula is C14H16ClF2NO. The second-order valence-electron chi connectivity index (χ2n) is 5.41. The molecule has 1 aliphatic carbocycles. The molecular weight excluding hydrogens is 272 g/mol. The zero-order valence-electron chi connectivity index (χ0n) is 10.5. The first-order valence-corrected chi connectivity index (χ1v) is 6.93. The Balaban J connectivity index is 1.36. The summed E-state index contributed by atoms with van der Waals surface area (Å²) < 4.78 is 31.2. The third-order valence-corrected chi connectivity index (χ3v) is 4.01. The van der Waals surface area contributed by atoms with Crippen molar-refractivity contribution in [3.8, 4) is 5.75 Å². The van der Waals surface area contributed by atoms with Gasteiger partial charge >= 0.3 is 0 Å². The van der Waals surface area contributed by atoms with Crippen molar-refractivity contribution in [3.05, 3.63) is 29.3 Å². The fraction of sp³-hybridized carbons (Fsp3) is 0.571. The van der Waals surface area contributed by atoms with E-state index in [1.807, 2.05) is 12.1 Å². The summed E-state index contributed by atoms with van der Waals surface area (Å²) in [6, 6.07) is 7.31. The lowest BCUT2D eigenvalue weighted by molar-refractivity contribution is 0.0150. The molecule has 0 unspecified atom stereocenters. The average molecular weight is 288 g/mol. The first-order chi connectivity index (χ1) is 9.03. The second-order valence-corrected chi connectivity index (χ2v) is 5.84. The molecule has 0 aromatic heterocycles. The predicted molar refractivity (Wildman–Crippen MR) is 70.0 cm³/mol. The Bertz CT molecular complexity index is 463. The van der Waals surface area contributed by atoms with Gasteiger partial charge in [-0.3, -0.25) is 4.90 Å². The lowest BCUT2D eigenvalue weighted by Gasteiger charge is -2.39. The molecule has 0 amide bonds. The van der Waals surface area contributed by atoms with Gasteiger partial charge in [-0.1, -0.05) is 17.7 Å². The van der Waals surface area contributed by atoms with Crippen LogP contribution in [0.5, 0.6) is 5.75 Å². The standard InChI is InChI=1S/C14H16ClF2NO/c15-11-2-1-3-12(6-11)19-13-8-18(9-13)5-4-10-7-14(10,16)17/h1-3,6,10,13H,4-5,7-9H2/t10-/m0/s1. The van der Waals surface area contributed by atoms with Gasteiger partial charge < -0.3 is 4.74 Å². The molecule has 0 bridgehead atoms. The summed E-state index contributed by atoms with van der Waals surface area (Å²) in [5.74, 6) is -2.01. The van der Waals surface area contributed by atoms with E-state index in [0.29, 0.717) is 11.4 Å². The Labute approximate surface area is 116 Å². The summed E-state index contributed by atoms with van der Waals surface area (Å²) in [5, 5.41) is 0.657. The van der Waals surface area contributed by atoms with Crippen LogP contribution in [0.4, 0.5) is 8.78 Å². The third-order valence-electron chi connectivity index (χ3n) is 3.77. The summed E-state index contributed by atoms with van der Waals surface area (Å²) in [6.45, 7) is 2.37. The Morgan fingerprint density at radius 3 is 2.74 bits per heavy atom. The second kappa shape index (κ2) is 4.91. The maximum absolute atomic E-state index is 12.7. The van der Waals surface area contributed by atoms with E-state index in [4.69, 9.17) is 16.3 Å². The number of nitrogens with zero attached hydrogens (tertiary/aromatic N) is 1. The van der Waals surface area contributed by atoms with Crippen LogP contribution in [0.3, 0.4) is 0 Å². The van der Waals surface area contributed by atoms with Crippen LogP contribution in [0.2, 0.25) is 5.02 Å². The quantitative estimate of drug-likeness (QED) is 0.822. The summed E-state index contributed by atoms with van der Waals surface area (Å²) in [7, 11) is 0. The number of alkyl halides is 2. The number of hydrogen-bond acceptors (Lipinski definition) is 2. The van der Waals surface area contributed by atoms with E-state index in [0.717, 1.165) is 25.4 Å². The predicted octanol–water partition coefficient (Wildman–Crippen LogP) is 3.45. The number of benzene rings is 1. The first kappa shape index (κ1) is 13.1. The van der Waals surface area contributed by atoms with Crippen molar-refractivity contribution in [1.82, 2.24) is 4.90 Å². The smallest absolute Gasteiger partial charge is 0.251 e. The van der Waals surface area contributed by atoms with Crippen LogP contribution >= 0.6 is 11.6 Å². The van der Waals surface area contributed by atoms with Gasteiger partial charge in [-0.2, -0.15) is 0 Å². The van der Waals surface area contributed by atoms with Gasteiger partial charge in [0.15, 0.2) is 0 Å². The highest BCUT2D eigenvalue weighted by Gasteiger charge is 2.56. The van der Waals surface area contributed by atoms with Crippen LogP contribution in [-0.4, -0.2) is 36.6 Å². The van der Waals surface area contributed by atoms with E-state index < -0.39 is 5.92 Å². The number of likely N-dealkylation sites (tertiary alicyclic amines) is 1. The van der Waals surface area contributed by atoms with E-state index >= 15 is 0 Å². The molecule has 0 N–H and O–H groups in total. The van der Waals surface area contributed by atoms with E-state index in [1.165, 1.54) is 0 Å². The van der Waals surface area contributed by atoms with Crippen molar-refractivity contribution in [2.45, 2.75) is 24.9 Å². The molecule has 5 heteroatoms. The summed E-state index contributed by atoms with van der Waals surface area (Å²) in [6.07, 6.45) is 0.818. The molecule has 1 atom stereocenters. The summed E-state index contributed by atoms with van der Waals surface area (Å²) >= 11 is 5.87. The maximum Gasteiger partial charge on any atom is 0.251 e. The minimum Gasteiger partial charge on any atom is -0.488 e. The molecule has 104 valence electrons. The third kappa shape index (κ3) is 3.18. The molecule has 1 aliphatic heterocycles. The van der Waals surface area contributed by atoms with Gasteiger partial charge in [0.1, 0.15) is 11.9 Å². The Morgan fingerprint density at radius 2 is 2.11 bits per heavy atom. The number of hydrogen-bond donors (Lipinski definition) is 0. The lowest BCUT2D eigenvalue weighted by Crippen LogP contribution is -2.53. The van der Waals surface area contributed by atoms with Gasteiger partial charge in [0.25, 0.3) is 5.92 Å². The van der Waals surface area contributed by atoms with Crippen LogP contribution in [0.15, 0.2) is 24.3 Å².